The van der Waals surface area contributed by atoms with Crippen LogP contribution in [0.5, 0.6) is 0 Å². The van der Waals surface area contributed by atoms with E-state index in [9.17, 15) is 0 Å². The predicted molar refractivity (Wildman–Crippen MR) is 199 cm³/mol. The molecule has 10 aromatic rings. The van der Waals surface area contributed by atoms with E-state index in [0.717, 1.165) is 65.9 Å². The molecule has 10 rings (SSSR count). The number of benzene rings is 7. The third-order valence-electron chi connectivity index (χ3n) is 9.40. The normalized spacial score (nSPS) is 11.7. The van der Waals surface area contributed by atoms with Crippen molar-refractivity contribution in [2.24, 2.45) is 0 Å². The lowest BCUT2D eigenvalue weighted by Gasteiger charge is -2.13. The molecule has 0 aliphatic carbocycles. The molecule has 5 nitrogen and oxygen atoms in total. The number of nitrogens with zero attached hydrogens (tertiary/aromatic N) is 4. The molecule has 0 fully saturated rings. The molecule has 0 bridgehead atoms. The minimum atomic E-state index is 0.623. The second kappa shape index (κ2) is 10.9. The van der Waals surface area contributed by atoms with Gasteiger partial charge in [-0.1, -0.05) is 115 Å². The van der Waals surface area contributed by atoms with Crippen LogP contribution in [0.15, 0.2) is 162 Å². The molecule has 0 amide bonds. The summed E-state index contributed by atoms with van der Waals surface area (Å²) in [7, 11) is 0. The molecule has 5 heteroatoms. The van der Waals surface area contributed by atoms with E-state index in [1.54, 1.807) is 6.20 Å². The van der Waals surface area contributed by atoms with E-state index in [4.69, 9.17) is 19.4 Å². The SMILES string of the molecule is c1ccc(-c2nc(-c3ccc(-c4cccnc4)cc3)nc(-c3ccc4c(c3)c3ccccc3c3cc5c(cc43)oc3ccccc35)n2)cc1. The lowest BCUT2D eigenvalue weighted by molar-refractivity contribution is 0.669. The molecule has 3 heterocycles. The Morgan fingerprint density at radius 3 is 1.61 bits per heavy atom. The molecule has 0 atom stereocenters. The van der Waals surface area contributed by atoms with Gasteiger partial charge >= 0.3 is 0 Å². The number of aromatic nitrogens is 4. The fourth-order valence-electron chi connectivity index (χ4n) is 7.01. The Balaban J connectivity index is 1.18. The first kappa shape index (κ1) is 27.4. The highest BCUT2D eigenvalue weighted by atomic mass is 16.3. The highest BCUT2D eigenvalue weighted by Gasteiger charge is 2.17. The number of pyridine rings is 1. The molecule has 0 N–H and O–H groups in total. The van der Waals surface area contributed by atoms with E-state index in [-0.39, 0.29) is 0 Å². The van der Waals surface area contributed by atoms with Crippen molar-refractivity contribution >= 4 is 54.3 Å². The number of fused-ring (bicyclic) bond motifs is 9. The minimum absolute atomic E-state index is 0.623. The number of hydrogen-bond donors (Lipinski definition) is 0. The fraction of sp³-hybridized carbons (Fsp3) is 0. The number of furan rings is 1. The van der Waals surface area contributed by atoms with Gasteiger partial charge < -0.3 is 4.42 Å². The van der Waals surface area contributed by atoms with Gasteiger partial charge in [-0.3, -0.25) is 4.98 Å². The Hall–Kier alpha value is -6.72. The van der Waals surface area contributed by atoms with Crippen molar-refractivity contribution in [1.29, 1.82) is 0 Å². The van der Waals surface area contributed by atoms with Crippen molar-refractivity contribution in [3.8, 4) is 45.3 Å². The maximum absolute atomic E-state index is 6.33. The van der Waals surface area contributed by atoms with Crippen molar-refractivity contribution in [2.45, 2.75) is 0 Å². The monoisotopic (exact) mass is 626 g/mol. The summed E-state index contributed by atoms with van der Waals surface area (Å²) in [6.07, 6.45) is 3.66. The smallest absolute Gasteiger partial charge is 0.164 e. The molecule has 0 unspecified atom stereocenters. The molecular weight excluding hydrogens is 601 g/mol. The summed E-state index contributed by atoms with van der Waals surface area (Å²) >= 11 is 0. The molecule has 7 aromatic carbocycles. The van der Waals surface area contributed by atoms with Crippen molar-refractivity contribution in [1.82, 2.24) is 19.9 Å². The van der Waals surface area contributed by atoms with Gasteiger partial charge in [-0.25, -0.2) is 15.0 Å². The first-order chi connectivity index (χ1) is 24.3. The highest BCUT2D eigenvalue weighted by Crippen LogP contribution is 2.41. The van der Waals surface area contributed by atoms with Gasteiger partial charge in [0.05, 0.1) is 0 Å². The van der Waals surface area contributed by atoms with Gasteiger partial charge in [0.25, 0.3) is 0 Å². The first-order valence-corrected chi connectivity index (χ1v) is 16.3. The van der Waals surface area contributed by atoms with E-state index in [0.29, 0.717) is 17.5 Å². The Morgan fingerprint density at radius 1 is 0.327 bits per heavy atom. The number of rotatable bonds is 4. The molecule has 0 aliphatic heterocycles. The number of hydrogen-bond acceptors (Lipinski definition) is 5. The Labute approximate surface area is 281 Å². The molecule has 0 saturated heterocycles. The second-order valence-electron chi connectivity index (χ2n) is 12.3. The van der Waals surface area contributed by atoms with Crippen LogP contribution in [0.4, 0.5) is 0 Å². The standard InChI is InChI=1S/C44H26N4O/c1-2-9-28(10-3-1)42-46-43(29-18-16-27(17-19-29)31-11-8-22-45-26-31)48-44(47-42)30-20-21-34-36(23-30)32-12-4-5-13-33(32)37-24-39-35-14-6-7-15-40(35)49-41(39)25-38(34)37/h1-26H. The average Bonchev–Trinajstić information content (AvgIpc) is 3.55. The van der Waals surface area contributed by atoms with Crippen LogP contribution in [0.3, 0.4) is 0 Å². The zero-order valence-electron chi connectivity index (χ0n) is 26.2. The third kappa shape index (κ3) is 4.55. The van der Waals surface area contributed by atoms with Gasteiger partial charge in [-0.05, 0) is 73.8 Å². The van der Waals surface area contributed by atoms with Crippen LogP contribution >= 0.6 is 0 Å². The zero-order valence-corrected chi connectivity index (χ0v) is 26.2. The lowest BCUT2D eigenvalue weighted by Crippen LogP contribution is -2.00. The quantitative estimate of drug-likeness (QED) is 0.182. The Morgan fingerprint density at radius 2 is 0.878 bits per heavy atom. The van der Waals surface area contributed by atoms with Gasteiger partial charge in [0, 0.05) is 39.9 Å². The molecule has 49 heavy (non-hydrogen) atoms. The molecule has 0 radical (unpaired) electrons. The van der Waals surface area contributed by atoms with Gasteiger partial charge in [-0.2, -0.15) is 0 Å². The van der Waals surface area contributed by atoms with Gasteiger partial charge in [-0.15, -0.1) is 0 Å². The van der Waals surface area contributed by atoms with Crippen LogP contribution in [0.1, 0.15) is 0 Å². The molecule has 228 valence electrons. The van der Waals surface area contributed by atoms with Crippen LogP contribution in [-0.4, -0.2) is 19.9 Å². The van der Waals surface area contributed by atoms with E-state index in [1.165, 1.54) is 16.2 Å². The van der Waals surface area contributed by atoms with E-state index in [2.05, 4.69) is 102 Å². The molecule has 0 aliphatic rings. The van der Waals surface area contributed by atoms with E-state index >= 15 is 0 Å². The zero-order chi connectivity index (χ0) is 32.3. The summed E-state index contributed by atoms with van der Waals surface area (Å²) in [5, 5.41) is 9.30. The van der Waals surface area contributed by atoms with Crippen LogP contribution < -0.4 is 0 Å². The fourth-order valence-corrected chi connectivity index (χ4v) is 7.01. The van der Waals surface area contributed by atoms with Crippen LogP contribution in [0.25, 0.3) is 99.5 Å². The largest absolute Gasteiger partial charge is 0.456 e. The summed E-state index contributed by atoms with van der Waals surface area (Å²) in [6.45, 7) is 0. The number of para-hydroxylation sites is 1. The van der Waals surface area contributed by atoms with Crippen LogP contribution in [-0.2, 0) is 0 Å². The molecule has 0 spiro atoms. The van der Waals surface area contributed by atoms with Crippen LogP contribution in [0.2, 0.25) is 0 Å². The van der Waals surface area contributed by atoms with Crippen molar-refractivity contribution in [2.75, 3.05) is 0 Å². The van der Waals surface area contributed by atoms with E-state index < -0.39 is 0 Å². The van der Waals surface area contributed by atoms with E-state index in [1.807, 2.05) is 54.7 Å². The summed E-state index contributed by atoms with van der Waals surface area (Å²) < 4.78 is 6.33. The summed E-state index contributed by atoms with van der Waals surface area (Å²) in [5.41, 5.74) is 6.71. The summed E-state index contributed by atoms with van der Waals surface area (Å²) in [6, 6.07) is 50.3. The summed E-state index contributed by atoms with van der Waals surface area (Å²) in [5.74, 6) is 1.88. The third-order valence-corrected chi connectivity index (χ3v) is 9.40. The molecule has 0 saturated carbocycles. The first-order valence-electron chi connectivity index (χ1n) is 16.3. The second-order valence-corrected chi connectivity index (χ2v) is 12.3. The minimum Gasteiger partial charge on any atom is -0.456 e. The van der Waals surface area contributed by atoms with Gasteiger partial charge in [0.2, 0.25) is 0 Å². The van der Waals surface area contributed by atoms with Gasteiger partial charge in [0.1, 0.15) is 11.2 Å². The topological polar surface area (TPSA) is 64.7 Å². The average molecular weight is 627 g/mol. The maximum atomic E-state index is 6.33. The van der Waals surface area contributed by atoms with Crippen molar-refractivity contribution < 1.29 is 4.42 Å². The Bertz CT molecular complexity index is 2860. The molecular formula is C44H26N4O. The lowest BCUT2D eigenvalue weighted by atomic mass is 9.92. The van der Waals surface area contributed by atoms with Crippen LogP contribution in [0, 0.1) is 0 Å². The highest BCUT2D eigenvalue weighted by molar-refractivity contribution is 6.28. The summed E-state index contributed by atoms with van der Waals surface area (Å²) in [4.78, 5) is 19.3. The van der Waals surface area contributed by atoms with Gasteiger partial charge in [0.15, 0.2) is 17.5 Å². The maximum Gasteiger partial charge on any atom is 0.164 e. The van der Waals surface area contributed by atoms with Crippen molar-refractivity contribution in [3.63, 3.8) is 0 Å². The molecule has 3 aromatic heterocycles. The Kier molecular flexibility index (Phi) is 6.11. The predicted octanol–water partition coefficient (Wildman–Crippen LogP) is 11.3. The van der Waals surface area contributed by atoms with Crippen molar-refractivity contribution in [3.05, 3.63) is 158 Å².